The molecule has 0 fully saturated rings. The molecule has 17 heavy (non-hydrogen) atoms. The van der Waals surface area contributed by atoms with Crippen molar-refractivity contribution in [3.8, 4) is 5.69 Å². The summed E-state index contributed by atoms with van der Waals surface area (Å²) in [5.74, 6) is 0.427. The lowest BCUT2D eigenvalue weighted by atomic mass is 10.2. The van der Waals surface area contributed by atoms with Crippen molar-refractivity contribution in [1.82, 2.24) is 9.78 Å². The van der Waals surface area contributed by atoms with Gasteiger partial charge in [-0.2, -0.15) is 5.10 Å². The van der Waals surface area contributed by atoms with Gasteiger partial charge in [0.15, 0.2) is 0 Å². The zero-order chi connectivity index (χ0) is 12.6. The molecule has 2 aromatic rings. The molecule has 6 nitrogen and oxygen atoms in total. The van der Waals surface area contributed by atoms with Gasteiger partial charge in [-0.3, -0.25) is 10.1 Å². The lowest BCUT2D eigenvalue weighted by Crippen LogP contribution is -2.00. The molecular formula is C11H12N4O2. The molecule has 2 rings (SSSR count). The molecule has 2 N–H and O–H groups in total. The summed E-state index contributed by atoms with van der Waals surface area (Å²) in [6.45, 7) is 3.71. The molecule has 0 spiro atoms. The lowest BCUT2D eigenvalue weighted by Gasteiger charge is -2.05. The SMILES string of the molecule is Cc1ccc([N+](=O)[O-])cc1-n1cc(C)c(N)n1. The number of benzene rings is 1. The molecule has 0 saturated heterocycles. The van der Waals surface area contributed by atoms with Crippen molar-refractivity contribution < 1.29 is 4.92 Å². The number of anilines is 1. The van der Waals surface area contributed by atoms with Gasteiger partial charge in [-0.15, -0.1) is 0 Å². The van der Waals surface area contributed by atoms with Gasteiger partial charge in [-0.1, -0.05) is 6.07 Å². The third kappa shape index (κ3) is 1.96. The van der Waals surface area contributed by atoms with Crippen LogP contribution < -0.4 is 5.73 Å². The van der Waals surface area contributed by atoms with E-state index in [1.54, 1.807) is 16.9 Å². The minimum absolute atomic E-state index is 0.0392. The number of hydrogen-bond acceptors (Lipinski definition) is 4. The maximum absolute atomic E-state index is 10.7. The van der Waals surface area contributed by atoms with Gasteiger partial charge in [0, 0.05) is 23.9 Å². The Hall–Kier alpha value is -2.37. The monoisotopic (exact) mass is 232 g/mol. The normalized spacial score (nSPS) is 10.5. The van der Waals surface area contributed by atoms with Crippen molar-refractivity contribution >= 4 is 11.5 Å². The Labute approximate surface area is 97.8 Å². The molecule has 0 aliphatic carbocycles. The third-order valence-electron chi connectivity index (χ3n) is 2.59. The highest BCUT2D eigenvalue weighted by molar-refractivity contribution is 5.50. The van der Waals surface area contributed by atoms with Crippen molar-refractivity contribution in [3.05, 3.63) is 45.6 Å². The zero-order valence-electron chi connectivity index (χ0n) is 9.54. The summed E-state index contributed by atoms with van der Waals surface area (Å²) in [4.78, 5) is 10.3. The Morgan fingerprint density at radius 2 is 2.06 bits per heavy atom. The molecule has 0 bridgehead atoms. The fourth-order valence-electron chi connectivity index (χ4n) is 1.55. The van der Waals surface area contributed by atoms with E-state index < -0.39 is 4.92 Å². The first-order valence-corrected chi connectivity index (χ1v) is 5.06. The standard InChI is InChI=1S/C11H12N4O2/c1-7-3-4-9(15(16)17)5-10(7)14-6-8(2)11(12)13-14/h3-6H,1-2H3,(H2,12,13). The van der Waals surface area contributed by atoms with Crippen LogP contribution in [-0.4, -0.2) is 14.7 Å². The molecule has 0 saturated carbocycles. The first-order valence-electron chi connectivity index (χ1n) is 5.06. The first-order chi connectivity index (χ1) is 7.99. The summed E-state index contributed by atoms with van der Waals surface area (Å²) in [5, 5.41) is 14.8. The molecule has 1 aromatic heterocycles. The minimum atomic E-state index is -0.428. The number of nitro benzene ring substituents is 1. The number of nitrogen functional groups attached to an aromatic ring is 1. The smallest absolute Gasteiger partial charge is 0.271 e. The van der Waals surface area contributed by atoms with E-state index in [2.05, 4.69) is 5.10 Å². The Balaban J connectivity index is 2.57. The zero-order valence-corrected chi connectivity index (χ0v) is 9.54. The Morgan fingerprint density at radius 3 is 2.59 bits per heavy atom. The molecule has 88 valence electrons. The predicted molar refractivity (Wildman–Crippen MR) is 64.1 cm³/mol. The van der Waals surface area contributed by atoms with Gasteiger partial charge in [-0.05, 0) is 19.4 Å². The van der Waals surface area contributed by atoms with Crippen LogP contribution in [0.5, 0.6) is 0 Å². The molecule has 1 heterocycles. The fraction of sp³-hybridized carbons (Fsp3) is 0.182. The van der Waals surface area contributed by atoms with Crippen LogP contribution in [0.3, 0.4) is 0 Å². The van der Waals surface area contributed by atoms with Gasteiger partial charge in [0.2, 0.25) is 0 Å². The summed E-state index contributed by atoms with van der Waals surface area (Å²) >= 11 is 0. The van der Waals surface area contributed by atoms with Gasteiger partial charge in [0.25, 0.3) is 5.69 Å². The second kappa shape index (κ2) is 3.89. The van der Waals surface area contributed by atoms with Crippen LogP contribution in [0.4, 0.5) is 11.5 Å². The molecule has 0 radical (unpaired) electrons. The highest BCUT2D eigenvalue weighted by Crippen LogP contribution is 2.22. The molecular weight excluding hydrogens is 220 g/mol. The summed E-state index contributed by atoms with van der Waals surface area (Å²) in [6.07, 6.45) is 1.75. The Bertz CT molecular complexity index is 570. The number of hydrogen-bond donors (Lipinski definition) is 1. The summed E-state index contributed by atoms with van der Waals surface area (Å²) < 4.78 is 1.56. The Morgan fingerprint density at radius 1 is 1.35 bits per heavy atom. The van der Waals surface area contributed by atoms with Crippen LogP contribution in [0.25, 0.3) is 5.69 Å². The number of aryl methyl sites for hydroxylation is 2. The van der Waals surface area contributed by atoms with E-state index in [-0.39, 0.29) is 5.69 Å². The van der Waals surface area contributed by atoms with E-state index in [9.17, 15) is 10.1 Å². The van der Waals surface area contributed by atoms with Gasteiger partial charge in [0.1, 0.15) is 5.82 Å². The maximum atomic E-state index is 10.7. The number of rotatable bonds is 2. The number of non-ortho nitro benzene ring substituents is 1. The quantitative estimate of drug-likeness (QED) is 0.633. The van der Waals surface area contributed by atoms with Crippen LogP contribution in [0, 0.1) is 24.0 Å². The van der Waals surface area contributed by atoms with Crippen LogP contribution in [0.2, 0.25) is 0 Å². The molecule has 0 atom stereocenters. The molecule has 0 amide bonds. The molecule has 6 heteroatoms. The average Bonchev–Trinajstić information content (AvgIpc) is 2.59. The van der Waals surface area contributed by atoms with Crippen LogP contribution in [-0.2, 0) is 0 Å². The molecule has 1 aromatic carbocycles. The molecule has 0 aliphatic heterocycles. The van der Waals surface area contributed by atoms with E-state index >= 15 is 0 Å². The van der Waals surface area contributed by atoms with Crippen molar-refractivity contribution in [2.75, 3.05) is 5.73 Å². The highest BCUT2D eigenvalue weighted by atomic mass is 16.6. The van der Waals surface area contributed by atoms with E-state index in [1.807, 2.05) is 13.8 Å². The van der Waals surface area contributed by atoms with Crippen LogP contribution in [0.1, 0.15) is 11.1 Å². The molecule has 0 unspecified atom stereocenters. The van der Waals surface area contributed by atoms with Gasteiger partial charge >= 0.3 is 0 Å². The number of nitrogens with two attached hydrogens (primary N) is 1. The molecule has 0 aliphatic rings. The summed E-state index contributed by atoms with van der Waals surface area (Å²) in [5.41, 5.74) is 8.11. The van der Waals surface area contributed by atoms with Crippen molar-refractivity contribution in [2.45, 2.75) is 13.8 Å². The number of nitro groups is 1. The van der Waals surface area contributed by atoms with E-state index in [0.717, 1.165) is 11.1 Å². The van der Waals surface area contributed by atoms with Gasteiger partial charge in [-0.25, -0.2) is 4.68 Å². The van der Waals surface area contributed by atoms with E-state index in [1.165, 1.54) is 12.1 Å². The van der Waals surface area contributed by atoms with Crippen molar-refractivity contribution in [3.63, 3.8) is 0 Å². The second-order valence-corrected chi connectivity index (χ2v) is 3.87. The van der Waals surface area contributed by atoms with Crippen molar-refractivity contribution in [1.29, 1.82) is 0 Å². The topological polar surface area (TPSA) is 87.0 Å². The largest absolute Gasteiger partial charge is 0.382 e. The number of aromatic nitrogens is 2. The number of nitrogens with zero attached hydrogens (tertiary/aromatic N) is 3. The lowest BCUT2D eigenvalue weighted by molar-refractivity contribution is -0.384. The average molecular weight is 232 g/mol. The van der Waals surface area contributed by atoms with Gasteiger partial charge in [0.05, 0.1) is 10.6 Å². The summed E-state index contributed by atoms with van der Waals surface area (Å²) in [7, 11) is 0. The second-order valence-electron chi connectivity index (χ2n) is 3.87. The van der Waals surface area contributed by atoms with Crippen molar-refractivity contribution in [2.24, 2.45) is 0 Å². The third-order valence-corrected chi connectivity index (χ3v) is 2.59. The van der Waals surface area contributed by atoms with E-state index in [0.29, 0.717) is 11.5 Å². The van der Waals surface area contributed by atoms with Gasteiger partial charge < -0.3 is 5.73 Å². The van der Waals surface area contributed by atoms with E-state index in [4.69, 9.17) is 5.73 Å². The maximum Gasteiger partial charge on any atom is 0.271 e. The minimum Gasteiger partial charge on any atom is -0.382 e. The first kappa shape index (κ1) is 11.1. The van der Waals surface area contributed by atoms with Crippen LogP contribution >= 0.6 is 0 Å². The predicted octanol–water partition coefficient (Wildman–Crippen LogP) is 1.98. The summed E-state index contributed by atoms with van der Waals surface area (Å²) in [6, 6.07) is 4.65. The van der Waals surface area contributed by atoms with Crippen LogP contribution in [0.15, 0.2) is 24.4 Å². The highest BCUT2D eigenvalue weighted by Gasteiger charge is 2.11. The fourth-order valence-corrected chi connectivity index (χ4v) is 1.55. The Kier molecular flexibility index (Phi) is 2.55.